The molecule has 1 fully saturated rings. The number of nitrogens with zero attached hydrogens (tertiary/aromatic N) is 2. The highest BCUT2D eigenvalue weighted by atomic mass is 35.5. The lowest BCUT2D eigenvalue weighted by atomic mass is 10.1. The van der Waals surface area contributed by atoms with Crippen molar-refractivity contribution in [2.45, 2.75) is 13.0 Å². The first-order valence-electron chi connectivity index (χ1n) is 7.17. The summed E-state index contributed by atoms with van der Waals surface area (Å²) in [6, 6.07) is 6.00. The first-order valence-corrected chi connectivity index (χ1v) is 7.17. The number of quaternary nitrogens is 1. The van der Waals surface area contributed by atoms with E-state index in [0.29, 0.717) is 24.1 Å². The Labute approximate surface area is 133 Å². The molecule has 1 saturated heterocycles. The minimum absolute atomic E-state index is 0. The van der Waals surface area contributed by atoms with Crippen LogP contribution in [0.3, 0.4) is 0 Å². The van der Waals surface area contributed by atoms with Gasteiger partial charge >= 0.3 is 0 Å². The molecule has 5 nitrogen and oxygen atoms in total. The molecule has 2 unspecified atom stereocenters. The Bertz CT molecular complexity index is 472. The molecule has 1 aromatic rings. The van der Waals surface area contributed by atoms with Gasteiger partial charge in [0.2, 0.25) is 0 Å². The van der Waals surface area contributed by atoms with E-state index < -0.39 is 0 Å². The van der Waals surface area contributed by atoms with Crippen molar-refractivity contribution in [1.29, 1.82) is 0 Å². The number of hydrogen-bond acceptors (Lipinski definition) is 4. The van der Waals surface area contributed by atoms with Crippen molar-refractivity contribution in [2.24, 2.45) is 0 Å². The molecule has 21 heavy (non-hydrogen) atoms. The van der Waals surface area contributed by atoms with Gasteiger partial charge in [-0.15, -0.1) is 0 Å². The highest BCUT2D eigenvalue weighted by Crippen LogP contribution is 2.23. The molecule has 0 amide bonds. The van der Waals surface area contributed by atoms with Crippen molar-refractivity contribution < 1.29 is 27.1 Å². The molecule has 0 aromatic heterocycles. The van der Waals surface area contributed by atoms with Crippen LogP contribution in [-0.4, -0.2) is 67.2 Å². The summed E-state index contributed by atoms with van der Waals surface area (Å²) >= 11 is 0. The molecule has 0 spiro atoms. The molecule has 120 valence electrons. The van der Waals surface area contributed by atoms with E-state index in [1.54, 1.807) is 0 Å². The quantitative estimate of drug-likeness (QED) is 0.416. The summed E-state index contributed by atoms with van der Waals surface area (Å²) in [6.45, 7) is 5.94. The monoisotopic (exact) mass is 315 g/mol. The Balaban J connectivity index is 0.00000220. The molecule has 1 aliphatic rings. The third-order valence-electron chi connectivity index (χ3n) is 4.25. The summed E-state index contributed by atoms with van der Waals surface area (Å²) in [6.07, 6.45) is -0.382. The summed E-state index contributed by atoms with van der Waals surface area (Å²) in [5, 5.41) is 19.4. The van der Waals surface area contributed by atoms with E-state index in [1.165, 1.54) is 0 Å². The maximum atomic E-state index is 10.2. The maximum Gasteiger partial charge on any atom is 0.120 e. The fraction of sp³-hybridized carbons (Fsp3) is 0.600. The van der Waals surface area contributed by atoms with Gasteiger partial charge < -0.3 is 37.7 Å². The molecule has 0 bridgehead atoms. The van der Waals surface area contributed by atoms with Gasteiger partial charge in [0.1, 0.15) is 19.2 Å². The Hall–Kier alpha value is -1.01. The van der Waals surface area contributed by atoms with Gasteiger partial charge in [-0.05, 0) is 30.7 Å². The molecule has 1 heterocycles. The zero-order valence-electron chi connectivity index (χ0n) is 12.8. The standard InChI is InChI=1S/C15H26N3O2.ClH/c1-12-9-13(3-4-15(12)16)17-5-6-18(2,7-8-19)11-14(20)10-17;/h3-4,9,14,19-20H,5-8,10-11,16H2,1-2H3;1H/q+1;/p-1. The number of aryl methyl sites for hydroxylation is 1. The Morgan fingerprint density at radius 2 is 2.14 bits per heavy atom. The number of hydrogen-bond donors (Lipinski definition) is 3. The van der Waals surface area contributed by atoms with Crippen LogP contribution < -0.4 is 23.0 Å². The van der Waals surface area contributed by atoms with E-state index in [1.807, 2.05) is 19.1 Å². The van der Waals surface area contributed by atoms with Crippen molar-refractivity contribution in [3.8, 4) is 0 Å². The summed E-state index contributed by atoms with van der Waals surface area (Å²) < 4.78 is 0.710. The summed E-state index contributed by atoms with van der Waals surface area (Å²) in [5.74, 6) is 0. The number of aliphatic hydroxyl groups is 2. The van der Waals surface area contributed by atoms with Crippen LogP contribution in [0.4, 0.5) is 11.4 Å². The minimum Gasteiger partial charge on any atom is -1.00 e. The van der Waals surface area contributed by atoms with Crippen LogP contribution in [0.1, 0.15) is 5.56 Å². The number of likely N-dealkylation sites (N-methyl/N-ethyl adjacent to an activating group) is 1. The fourth-order valence-corrected chi connectivity index (χ4v) is 2.90. The Morgan fingerprint density at radius 3 is 2.76 bits per heavy atom. The van der Waals surface area contributed by atoms with Crippen LogP contribution in [0.25, 0.3) is 0 Å². The average molecular weight is 316 g/mol. The number of β-amino-alcohol motifs (C(OH)–C–C–N with tert-alkyl or cyclic N) is 1. The number of rotatable bonds is 3. The summed E-state index contributed by atoms with van der Waals surface area (Å²) in [4.78, 5) is 2.21. The van der Waals surface area contributed by atoms with Gasteiger partial charge in [-0.3, -0.25) is 0 Å². The van der Waals surface area contributed by atoms with Gasteiger partial charge in [-0.2, -0.15) is 0 Å². The topological polar surface area (TPSA) is 69.7 Å². The maximum absolute atomic E-state index is 10.2. The average Bonchev–Trinajstić information content (AvgIpc) is 2.52. The number of aliphatic hydroxyl groups excluding tert-OH is 2. The second kappa shape index (κ2) is 7.31. The van der Waals surface area contributed by atoms with Crippen molar-refractivity contribution in [3.63, 3.8) is 0 Å². The molecule has 1 aliphatic heterocycles. The molecular weight excluding hydrogens is 290 g/mol. The molecule has 0 radical (unpaired) electrons. The van der Waals surface area contributed by atoms with Crippen LogP contribution in [0.15, 0.2) is 18.2 Å². The lowest BCUT2D eigenvalue weighted by Gasteiger charge is -2.33. The molecule has 2 atom stereocenters. The Morgan fingerprint density at radius 1 is 1.43 bits per heavy atom. The van der Waals surface area contributed by atoms with Crippen molar-refractivity contribution in [1.82, 2.24) is 0 Å². The van der Waals surface area contributed by atoms with Gasteiger partial charge in [0.25, 0.3) is 0 Å². The third-order valence-corrected chi connectivity index (χ3v) is 4.25. The first kappa shape index (κ1) is 18.0. The van der Waals surface area contributed by atoms with Crippen LogP contribution in [0.2, 0.25) is 0 Å². The second-order valence-corrected chi connectivity index (χ2v) is 6.11. The van der Waals surface area contributed by atoms with Gasteiger partial charge in [-0.1, -0.05) is 0 Å². The lowest BCUT2D eigenvalue weighted by Crippen LogP contribution is -3.00. The predicted octanol–water partition coefficient (Wildman–Crippen LogP) is -2.80. The third kappa shape index (κ3) is 4.48. The van der Waals surface area contributed by atoms with Gasteiger partial charge in [-0.25, -0.2) is 0 Å². The molecule has 0 aliphatic carbocycles. The second-order valence-electron chi connectivity index (χ2n) is 6.11. The van der Waals surface area contributed by atoms with E-state index in [-0.39, 0.29) is 25.1 Å². The normalized spacial score (nSPS) is 26.1. The molecule has 4 N–H and O–H groups in total. The zero-order chi connectivity index (χ0) is 14.8. The van der Waals surface area contributed by atoms with Crippen LogP contribution in [0.5, 0.6) is 0 Å². The zero-order valence-corrected chi connectivity index (χ0v) is 13.6. The van der Waals surface area contributed by atoms with E-state index in [0.717, 1.165) is 30.0 Å². The van der Waals surface area contributed by atoms with Crippen LogP contribution >= 0.6 is 0 Å². The fourth-order valence-electron chi connectivity index (χ4n) is 2.90. The van der Waals surface area contributed by atoms with Gasteiger partial charge in [0.05, 0.1) is 26.7 Å². The number of nitrogen functional groups attached to an aromatic ring is 1. The first-order chi connectivity index (χ1) is 9.43. The highest BCUT2D eigenvalue weighted by Gasteiger charge is 2.31. The van der Waals surface area contributed by atoms with E-state index in [9.17, 15) is 10.2 Å². The molecular formula is C15H26ClN3O2. The summed E-state index contributed by atoms with van der Waals surface area (Å²) in [7, 11) is 2.09. The SMILES string of the molecule is Cc1cc(N2CC[N+](C)(CCO)CC(O)C2)ccc1N.[Cl-]. The molecule has 6 heteroatoms. The van der Waals surface area contributed by atoms with Crippen molar-refractivity contribution in [3.05, 3.63) is 23.8 Å². The molecule has 1 aromatic carbocycles. The predicted molar refractivity (Wildman–Crippen MR) is 81.7 cm³/mol. The number of halogens is 1. The Kier molecular flexibility index (Phi) is 6.28. The van der Waals surface area contributed by atoms with Crippen LogP contribution in [0, 0.1) is 6.92 Å². The van der Waals surface area contributed by atoms with Crippen molar-refractivity contribution >= 4 is 11.4 Å². The largest absolute Gasteiger partial charge is 1.00 e. The lowest BCUT2D eigenvalue weighted by molar-refractivity contribution is -0.910. The number of benzene rings is 1. The van der Waals surface area contributed by atoms with Crippen molar-refractivity contribution in [2.75, 3.05) is 57.0 Å². The summed E-state index contributed by atoms with van der Waals surface area (Å²) in [5.41, 5.74) is 8.83. The molecule has 2 rings (SSSR count). The van der Waals surface area contributed by atoms with Crippen LogP contribution in [-0.2, 0) is 0 Å². The van der Waals surface area contributed by atoms with E-state index >= 15 is 0 Å². The van der Waals surface area contributed by atoms with E-state index in [2.05, 4.69) is 18.0 Å². The van der Waals surface area contributed by atoms with Gasteiger partial charge in [0, 0.05) is 17.9 Å². The molecule has 0 saturated carbocycles. The van der Waals surface area contributed by atoms with Gasteiger partial charge in [0.15, 0.2) is 0 Å². The smallest absolute Gasteiger partial charge is 0.120 e. The van der Waals surface area contributed by atoms with E-state index in [4.69, 9.17) is 5.73 Å². The number of anilines is 2. The highest BCUT2D eigenvalue weighted by molar-refractivity contribution is 5.58. The minimum atomic E-state index is -0.382. The number of nitrogens with two attached hydrogens (primary N) is 1.